The fourth-order valence-corrected chi connectivity index (χ4v) is 2.48. The van der Waals surface area contributed by atoms with Gasteiger partial charge in [0.2, 0.25) is 0 Å². The maximum absolute atomic E-state index is 5.34. The van der Waals surface area contributed by atoms with Crippen molar-refractivity contribution in [1.82, 2.24) is 9.97 Å². The quantitative estimate of drug-likeness (QED) is 0.900. The molecule has 0 fully saturated rings. The smallest absolute Gasteiger partial charge is 0.165 e. The Bertz CT molecular complexity index is 574. The molecular weight excluding hydrogens is 226 g/mol. The normalized spacial score (nSPS) is 13.7. The average Bonchev–Trinajstić information content (AvgIpc) is 2.97. The lowest BCUT2D eigenvalue weighted by Crippen LogP contribution is -2.06. The van der Waals surface area contributed by atoms with Gasteiger partial charge in [-0.25, -0.2) is 9.97 Å². The summed E-state index contributed by atoms with van der Waals surface area (Å²) in [5, 5.41) is 3.35. The number of fused-ring (bicyclic) bond motifs is 1. The monoisotopic (exact) mass is 243 g/mol. The first-order valence-electron chi connectivity index (χ1n) is 6.47. The van der Waals surface area contributed by atoms with Crippen LogP contribution in [0.5, 0.6) is 0 Å². The van der Waals surface area contributed by atoms with Crippen LogP contribution in [0.1, 0.15) is 30.4 Å². The van der Waals surface area contributed by atoms with Gasteiger partial charge < -0.3 is 9.73 Å². The molecule has 0 spiro atoms. The Morgan fingerprint density at radius 3 is 2.94 bits per heavy atom. The summed E-state index contributed by atoms with van der Waals surface area (Å²) in [7, 11) is 0. The number of hydrogen-bond acceptors (Lipinski definition) is 4. The second kappa shape index (κ2) is 4.44. The van der Waals surface area contributed by atoms with Crippen LogP contribution >= 0.6 is 0 Å². The Balaban J connectivity index is 2.12. The van der Waals surface area contributed by atoms with Crippen molar-refractivity contribution in [2.24, 2.45) is 0 Å². The molecule has 4 heteroatoms. The summed E-state index contributed by atoms with van der Waals surface area (Å²) in [4.78, 5) is 9.34. The minimum absolute atomic E-state index is 0.776. The van der Waals surface area contributed by atoms with Gasteiger partial charge in [0, 0.05) is 17.8 Å². The van der Waals surface area contributed by atoms with Gasteiger partial charge in [-0.15, -0.1) is 0 Å². The predicted octanol–water partition coefficient (Wildman–Crippen LogP) is 2.97. The topological polar surface area (TPSA) is 51.0 Å². The van der Waals surface area contributed by atoms with Crippen LogP contribution < -0.4 is 5.32 Å². The lowest BCUT2D eigenvalue weighted by molar-refractivity contribution is 0.535. The highest BCUT2D eigenvalue weighted by molar-refractivity contribution is 5.62. The zero-order chi connectivity index (χ0) is 12.5. The molecule has 1 N–H and O–H groups in total. The van der Waals surface area contributed by atoms with Crippen molar-refractivity contribution < 1.29 is 4.42 Å². The van der Waals surface area contributed by atoms with E-state index in [0.717, 1.165) is 42.4 Å². The largest absolute Gasteiger partial charge is 0.469 e. The fourth-order valence-electron chi connectivity index (χ4n) is 2.48. The molecule has 18 heavy (non-hydrogen) atoms. The Hall–Kier alpha value is -1.84. The molecule has 2 aromatic rings. The summed E-state index contributed by atoms with van der Waals surface area (Å²) in [6.07, 6.45) is 5.01. The van der Waals surface area contributed by atoms with Crippen LogP contribution in [0, 0.1) is 6.92 Å². The Morgan fingerprint density at radius 1 is 1.33 bits per heavy atom. The molecule has 0 unspecified atom stereocenters. The first kappa shape index (κ1) is 11.3. The van der Waals surface area contributed by atoms with E-state index < -0.39 is 0 Å². The molecule has 2 aromatic heterocycles. The van der Waals surface area contributed by atoms with Gasteiger partial charge in [-0.1, -0.05) is 0 Å². The molecule has 3 rings (SSSR count). The van der Waals surface area contributed by atoms with Crippen LogP contribution in [-0.2, 0) is 12.8 Å². The van der Waals surface area contributed by atoms with E-state index >= 15 is 0 Å². The fraction of sp³-hybridized carbons (Fsp3) is 0.429. The van der Waals surface area contributed by atoms with Crippen molar-refractivity contribution in [1.29, 1.82) is 0 Å². The molecule has 1 aliphatic rings. The van der Waals surface area contributed by atoms with E-state index in [-0.39, 0.29) is 0 Å². The van der Waals surface area contributed by atoms with Crippen molar-refractivity contribution in [3.8, 4) is 11.4 Å². The highest BCUT2D eigenvalue weighted by Gasteiger charge is 2.20. The number of nitrogens with one attached hydrogen (secondary N) is 1. The van der Waals surface area contributed by atoms with E-state index in [2.05, 4.69) is 22.2 Å². The lowest BCUT2D eigenvalue weighted by Gasteiger charge is -2.10. The van der Waals surface area contributed by atoms with Crippen molar-refractivity contribution in [3.63, 3.8) is 0 Å². The van der Waals surface area contributed by atoms with Crippen LogP contribution in [0.3, 0.4) is 0 Å². The van der Waals surface area contributed by atoms with Gasteiger partial charge in [0.1, 0.15) is 11.6 Å². The Labute approximate surface area is 106 Å². The highest BCUT2D eigenvalue weighted by Crippen LogP contribution is 2.30. The molecule has 1 aliphatic carbocycles. The summed E-state index contributed by atoms with van der Waals surface area (Å²) >= 11 is 0. The molecule has 0 bridgehead atoms. The van der Waals surface area contributed by atoms with E-state index in [0.29, 0.717) is 0 Å². The third kappa shape index (κ3) is 1.78. The number of anilines is 1. The van der Waals surface area contributed by atoms with Crippen LogP contribution in [-0.4, -0.2) is 16.5 Å². The van der Waals surface area contributed by atoms with Crippen LogP contribution in [0.2, 0.25) is 0 Å². The highest BCUT2D eigenvalue weighted by atomic mass is 16.3. The van der Waals surface area contributed by atoms with E-state index in [1.807, 2.05) is 13.0 Å². The molecule has 0 aromatic carbocycles. The summed E-state index contributed by atoms with van der Waals surface area (Å²) in [5.74, 6) is 2.64. The Kier molecular flexibility index (Phi) is 2.78. The number of hydrogen-bond donors (Lipinski definition) is 1. The zero-order valence-electron chi connectivity index (χ0n) is 10.8. The molecule has 0 saturated carbocycles. The van der Waals surface area contributed by atoms with Gasteiger partial charge in [-0.2, -0.15) is 0 Å². The second-order valence-corrected chi connectivity index (χ2v) is 4.60. The zero-order valence-corrected chi connectivity index (χ0v) is 10.8. The standard InChI is InChI=1S/C14H17N3O/c1-3-15-13-11-5-4-6-12(11)16-14(17-13)10-7-8-18-9(10)2/h7-8H,3-6H2,1-2H3,(H,15,16,17). The lowest BCUT2D eigenvalue weighted by atomic mass is 10.2. The molecule has 94 valence electrons. The maximum Gasteiger partial charge on any atom is 0.165 e. The molecule has 0 saturated heterocycles. The number of nitrogens with zero attached hydrogens (tertiary/aromatic N) is 2. The van der Waals surface area contributed by atoms with E-state index in [1.54, 1.807) is 6.26 Å². The van der Waals surface area contributed by atoms with Crippen LogP contribution in [0.15, 0.2) is 16.7 Å². The van der Waals surface area contributed by atoms with Crippen molar-refractivity contribution in [2.45, 2.75) is 33.1 Å². The predicted molar refractivity (Wildman–Crippen MR) is 70.7 cm³/mol. The third-order valence-corrected chi connectivity index (χ3v) is 3.38. The van der Waals surface area contributed by atoms with Crippen molar-refractivity contribution >= 4 is 5.82 Å². The van der Waals surface area contributed by atoms with Gasteiger partial charge >= 0.3 is 0 Å². The van der Waals surface area contributed by atoms with Crippen LogP contribution in [0.4, 0.5) is 5.82 Å². The third-order valence-electron chi connectivity index (χ3n) is 3.38. The summed E-state index contributed by atoms with van der Waals surface area (Å²) in [5.41, 5.74) is 3.47. The van der Waals surface area contributed by atoms with E-state index in [9.17, 15) is 0 Å². The molecule has 4 nitrogen and oxygen atoms in total. The molecular formula is C14H17N3O. The van der Waals surface area contributed by atoms with Gasteiger partial charge in [0.15, 0.2) is 5.82 Å². The second-order valence-electron chi connectivity index (χ2n) is 4.60. The molecule has 0 atom stereocenters. The van der Waals surface area contributed by atoms with Gasteiger partial charge in [-0.3, -0.25) is 0 Å². The first-order valence-corrected chi connectivity index (χ1v) is 6.47. The minimum Gasteiger partial charge on any atom is -0.469 e. The van der Waals surface area contributed by atoms with Gasteiger partial charge in [0.05, 0.1) is 11.8 Å². The van der Waals surface area contributed by atoms with Crippen molar-refractivity contribution in [3.05, 3.63) is 29.3 Å². The minimum atomic E-state index is 0.776. The molecule has 0 aliphatic heterocycles. The molecule has 2 heterocycles. The first-order chi connectivity index (χ1) is 8.79. The van der Waals surface area contributed by atoms with E-state index in [4.69, 9.17) is 4.42 Å². The summed E-state index contributed by atoms with van der Waals surface area (Å²) < 4.78 is 5.34. The van der Waals surface area contributed by atoms with E-state index in [1.165, 1.54) is 17.7 Å². The SMILES string of the molecule is CCNc1nc(-c2ccoc2C)nc2c1CCC2. The average molecular weight is 243 g/mol. The number of aryl methyl sites for hydroxylation is 2. The Morgan fingerprint density at radius 2 is 2.22 bits per heavy atom. The molecule has 0 amide bonds. The summed E-state index contributed by atoms with van der Waals surface area (Å²) in [6.45, 7) is 4.92. The van der Waals surface area contributed by atoms with Gasteiger partial charge in [0.25, 0.3) is 0 Å². The number of aromatic nitrogens is 2. The number of rotatable bonds is 3. The number of furan rings is 1. The van der Waals surface area contributed by atoms with Crippen molar-refractivity contribution in [2.75, 3.05) is 11.9 Å². The van der Waals surface area contributed by atoms with Crippen LogP contribution in [0.25, 0.3) is 11.4 Å². The maximum atomic E-state index is 5.34. The summed E-state index contributed by atoms with van der Waals surface area (Å²) in [6, 6.07) is 1.93. The van der Waals surface area contributed by atoms with Gasteiger partial charge in [-0.05, 0) is 39.2 Å². The molecule has 0 radical (unpaired) electrons.